The van der Waals surface area contributed by atoms with Gasteiger partial charge in [0.2, 0.25) is 0 Å². The molecule has 28 heavy (non-hydrogen) atoms. The molecule has 0 heterocycles. The molecule has 0 amide bonds. The molecule has 0 aromatic heterocycles. The van der Waals surface area contributed by atoms with Gasteiger partial charge in [-0.05, 0) is 61.2 Å². The summed E-state index contributed by atoms with van der Waals surface area (Å²) in [6.45, 7) is 4.16. The van der Waals surface area contributed by atoms with Gasteiger partial charge in [-0.3, -0.25) is 0 Å². The molecule has 152 valence electrons. The average Bonchev–Trinajstić information content (AvgIpc) is 2.68. The fourth-order valence-electron chi connectivity index (χ4n) is 3.33. The van der Waals surface area contributed by atoms with Crippen molar-refractivity contribution in [3.63, 3.8) is 0 Å². The molecule has 0 fully saturated rings. The van der Waals surface area contributed by atoms with Crippen LogP contribution in [0.1, 0.15) is 43.9 Å². The van der Waals surface area contributed by atoms with E-state index in [4.69, 9.17) is 4.74 Å². The van der Waals surface area contributed by atoms with Crippen molar-refractivity contribution in [2.75, 3.05) is 13.7 Å². The zero-order valence-corrected chi connectivity index (χ0v) is 16.3. The number of nitroso groups, excluding NO2 is 1. The maximum Gasteiger partial charge on any atom is 0.410 e. The number of allylic oxidation sites excluding steroid dienone is 4. The summed E-state index contributed by atoms with van der Waals surface area (Å²) in [5.74, 6) is 0.524. The lowest BCUT2D eigenvalue weighted by Gasteiger charge is -2.25. The van der Waals surface area contributed by atoms with E-state index in [-0.39, 0.29) is 11.3 Å². The number of aryl methyl sites for hydroxylation is 1. The van der Waals surface area contributed by atoms with E-state index in [1.807, 2.05) is 19.9 Å². The second-order valence-corrected chi connectivity index (χ2v) is 6.40. The van der Waals surface area contributed by atoms with E-state index < -0.39 is 12.2 Å². The topological polar surface area (TPSA) is 50.7 Å². The van der Waals surface area contributed by atoms with Crippen LogP contribution in [-0.2, 0) is 6.42 Å². The molecule has 1 aliphatic carbocycles. The zero-order valence-electron chi connectivity index (χ0n) is 16.3. The van der Waals surface area contributed by atoms with Crippen molar-refractivity contribution in [3.05, 3.63) is 63.6 Å². The van der Waals surface area contributed by atoms with Crippen molar-refractivity contribution < 1.29 is 17.9 Å². The average molecular weight is 394 g/mol. The van der Waals surface area contributed by atoms with Crippen LogP contribution in [0.2, 0.25) is 0 Å². The zero-order chi connectivity index (χ0) is 20.7. The van der Waals surface area contributed by atoms with E-state index in [0.29, 0.717) is 42.4 Å². The van der Waals surface area contributed by atoms with Crippen molar-refractivity contribution in [2.24, 2.45) is 5.18 Å². The predicted molar refractivity (Wildman–Crippen MR) is 105 cm³/mol. The molecule has 0 saturated heterocycles. The Bertz CT molecular complexity index is 796. The molecule has 1 N–H and O–H groups in total. The Morgan fingerprint density at radius 3 is 2.57 bits per heavy atom. The Balaban J connectivity index is 2.65. The first-order valence-corrected chi connectivity index (χ1v) is 9.31. The summed E-state index contributed by atoms with van der Waals surface area (Å²) in [6, 6.07) is 2.37. The summed E-state index contributed by atoms with van der Waals surface area (Å²) in [5, 5.41) is 6.00. The number of rotatable bonds is 8. The first-order valence-electron chi connectivity index (χ1n) is 9.31. The molecule has 1 aliphatic rings. The van der Waals surface area contributed by atoms with Gasteiger partial charge < -0.3 is 10.1 Å². The number of halogens is 3. The molecule has 1 aromatic carbocycles. The largest absolute Gasteiger partial charge is 0.494 e. The summed E-state index contributed by atoms with van der Waals surface area (Å²) in [7, 11) is 1.57. The molecule has 4 nitrogen and oxygen atoms in total. The van der Waals surface area contributed by atoms with Gasteiger partial charge in [0.15, 0.2) is 0 Å². The lowest BCUT2D eigenvalue weighted by Crippen LogP contribution is -2.22. The van der Waals surface area contributed by atoms with Crippen LogP contribution in [-0.4, -0.2) is 19.8 Å². The number of hydrogen-bond acceptors (Lipinski definition) is 4. The lowest BCUT2D eigenvalue weighted by atomic mass is 9.87. The summed E-state index contributed by atoms with van der Waals surface area (Å²) in [5.41, 5.74) is 1.82. The van der Waals surface area contributed by atoms with E-state index in [2.05, 4.69) is 10.5 Å². The maximum atomic E-state index is 13.3. The summed E-state index contributed by atoms with van der Waals surface area (Å²) < 4.78 is 45.5. The molecule has 0 aliphatic heterocycles. The number of likely N-dealkylation sites (N-methyl/N-ethyl adjacent to an activating group) is 1. The van der Waals surface area contributed by atoms with Crippen molar-refractivity contribution in [3.8, 4) is 5.75 Å². The molecule has 1 aromatic rings. The van der Waals surface area contributed by atoms with Gasteiger partial charge in [0.25, 0.3) is 0 Å². The Morgan fingerprint density at radius 1 is 1.32 bits per heavy atom. The molecular formula is C21H25F3N2O2. The van der Waals surface area contributed by atoms with Crippen molar-refractivity contribution in [2.45, 2.75) is 45.3 Å². The number of benzene rings is 1. The predicted octanol–water partition coefficient (Wildman–Crippen LogP) is 6.07. The van der Waals surface area contributed by atoms with Crippen LogP contribution in [0.3, 0.4) is 0 Å². The van der Waals surface area contributed by atoms with E-state index in [9.17, 15) is 18.1 Å². The quantitative estimate of drug-likeness (QED) is 0.544. The molecule has 0 unspecified atom stereocenters. The van der Waals surface area contributed by atoms with Gasteiger partial charge in [-0.2, -0.15) is 13.2 Å². The standard InChI is InChI=1S/C21H25F3N2O2/c1-4-14-11-16(18(26-27)12-19(14)28-5-2)20(25-3)17(13-21(22,23)24)15-9-7-6-8-10-15/h7,9-13,20,25H,4-6,8H2,1-3H3/b17-13+/t20-/m1/s1. The lowest BCUT2D eigenvalue weighted by molar-refractivity contribution is -0.0806. The highest BCUT2D eigenvalue weighted by Crippen LogP contribution is 2.40. The van der Waals surface area contributed by atoms with Gasteiger partial charge >= 0.3 is 6.18 Å². The minimum Gasteiger partial charge on any atom is -0.494 e. The number of nitrogens with zero attached hydrogens (tertiary/aromatic N) is 1. The van der Waals surface area contributed by atoms with Gasteiger partial charge in [0.05, 0.1) is 12.6 Å². The Morgan fingerprint density at radius 2 is 2.07 bits per heavy atom. The second kappa shape index (κ2) is 9.68. The third-order valence-corrected chi connectivity index (χ3v) is 4.55. The van der Waals surface area contributed by atoms with Crippen LogP contribution in [0, 0.1) is 4.91 Å². The Labute approximate surface area is 163 Å². The number of ether oxygens (including phenoxy) is 1. The minimum atomic E-state index is -4.50. The fraction of sp³-hybridized carbons (Fsp3) is 0.429. The summed E-state index contributed by atoms with van der Waals surface area (Å²) in [4.78, 5) is 11.5. The van der Waals surface area contributed by atoms with Crippen LogP contribution >= 0.6 is 0 Å². The molecule has 0 spiro atoms. The van der Waals surface area contributed by atoms with Gasteiger partial charge in [-0.25, -0.2) is 0 Å². The van der Waals surface area contributed by atoms with Crippen molar-refractivity contribution in [1.29, 1.82) is 0 Å². The molecule has 1 atom stereocenters. The van der Waals surface area contributed by atoms with Crippen LogP contribution < -0.4 is 10.1 Å². The molecule has 0 bridgehead atoms. The molecular weight excluding hydrogens is 369 g/mol. The van der Waals surface area contributed by atoms with E-state index >= 15 is 0 Å². The number of alkyl halides is 3. The Hall–Kier alpha value is -2.41. The van der Waals surface area contributed by atoms with E-state index in [1.54, 1.807) is 25.3 Å². The highest BCUT2D eigenvalue weighted by Gasteiger charge is 2.30. The SMILES string of the molecule is CCOc1cc(N=O)c([C@@H](NC)/C(=C/C(F)(F)F)C2=CCCC=C2)cc1CC. The molecule has 2 rings (SSSR count). The summed E-state index contributed by atoms with van der Waals surface area (Å²) >= 11 is 0. The minimum absolute atomic E-state index is 0.0575. The third kappa shape index (κ3) is 5.32. The van der Waals surface area contributed by atoms with Crippen LogP contribution in [0.15, 0.2) is 52.8 Å². The molecule has 0 radical (unpaired) electrons. The monoisotopic (exact) mass is 394 g/mol. The maximum absolute atomic E-state index is 13.3. The van der Waals surface area contributed by atoms with Crippen LogP contribution in [0.5, 0.6) is 5.75 Å². The normalized spacial score (nSPS) is 15.9. The highest BCUT2D eigenvalue weighted by molar-refractivity contribution is 5.60. The van der Waals surface area contributed by atoms with Gasteiger partial charge in [-0.1, -0.05) is 25.2 Å². The van der Waals surface area contributed by atoms with Crippen molar-refractivity contribution in [1.82, 2.24) is 5.32 Å². The first kappa shape index (κ1) is 21.9. The third-order valence-electron chi connectivity index (χ3n) is 4.55. The van der Waals surface area contributed by atoms with Crippen LogP contribution in [0.4, 0.5) is 18.9 Å². The smallest absolute Gasteiger partial charge is 0.410 e. The van der Waals surface area contributed by atoms with Gasteiger partial charge in [-0.15, -0.1) is 4.91 Å². The van der Waals surface area contributed by atoms with E-state index in [0.717, 1.165) is 12.0 Å². The first-order chi connectivity index (χ1) is 13.3. The fourth-order valence-corrected chi connectivity index (χ4v) is 3.33. The van der Waals surface area contributed by atoms with Gasteiger partial charge in [0.1, 0.15) is 11.4 Å². The van der Waals surface area contributed by atoms with E-state index in [1.165, 1.54) is 6.07 Å². The molecule has 7 heteroatoms. The molecule has 0 saturated carbocycles. The summed E-state index contributed by atoms with van der Waals surface area (Å²) in [6.07, 6.45) is 3.19. The number of hydrogen-bond donors (Lipinski definition) is 1. The second-order valence-electron chi connectivity index (χ2n) is 6.40. The van der Waals surface area contributed by atoms with Crippen molar-refractivity contribution >= 4 is 5.69 Å². The Kier molecular flexibility index (Phi) is 7.57. The highest BCUT2D eigenvalue weighted by atomic mass is 19.4. The van der Waals surface area contributed by atoms with Gasteiger partial charge in [0, 0.05) is 17.7 Å². The number of nitrogens with one attached hydrogen (secondary N) is 1. The van der Waals surface area contributed by atoms with Crippen LogP contribution in [0.25, 0.3) is 0 Å².